The number of carbonyl (C=O) groups is 3. The number of anilines is 1. The minimum absolute atomic E-state index is 0. The number of aromatic nitrogens is 1. The first-order valence-corrected chi connectivity index (χ1v) is 11.6. The highest BCUT2D eigenvalue weighted by Gasteiger charge is 2.41. The van der Waals surface area contributed by atoms with Crippen LogP contribution in [-0.4, -0.2) is 60.0 Å². The minimum atomic E-state index is -0.431. The summed E-state index contributed by atoms with van der Waals surface area (Å²) in [7, 11) is 0. The van der Waals surface area contributed by atoms with Gasteiger partial charge in [-0.1, -0.05) is 0 Å². The normalized spacial score (nSPS) is 20.5. The Morgan fingerprint density at radius 1 is 1.09 bits per heavy atom. The summed E-state index contributed by atoms with van der Waals surface area (Å²) in [5, 5.41) is 6.74. The van der Waals surface area contributed by atoms with Crippen LogP contribution in [0.5, 0.6) is 0 Å². The van der Waals surface area contributed by atoms with Gasteiger partial charge in [0.25, 0.3) is 5.91 Å². The largest absolute Gasteiger partial charge is 0.345 e. The molecular formula is C24H32ClN5O3. The van der Waals surface area contributed by atoms with Crippen molar-refractivity contribution in [1.82, 2.24) is 20.1 Å². The van der Waals surface area contributed by atoms with Gasteiger partial charge in [0, 0.05) is 49.2 Å². The van der Waals surface area contributed by atoms with E-state index in [0.29, 0.717) is 17.8 Å². The van der Waals surface area contributed by atoms with Gasteiger partial charge in [-0.3, -0.25) is 19.8 Å². The van der Waals surface area contributed by atoms with Crippen LogP contribution < -0.4 is 15.5 Å². The van der Waals surface area contributed by atoms with Gasteiger partial charge in [-0.25, -0.2) is 4.79 Å². The number of hydrogen-bond donors (Lipinski definition) is 2. The molecule has 1 aromatic heterocycles. The summed E-state index contributed by atoms with van der Waals surface area (Å²) in [4.78, 5) is 41.5. The highest BCUT2D eigenvalue weighted by Crippen LogP contribution is 2.40. The van der Waals surface area contributed by atoms with Gasteiger partial charge in [0.15, 0.2) is 0 Å². The molecule has 0 unspecified atom stereocenters. The maximum absolute atomic E-state index is 13.6. The van der Waals surface area contributed by atoms with Gasteiger partial charge in [0.1, 0.15) is 0 Å². The van der Waals surface area contributed by atoms with E-state index < -0.39 is 6.03 Å². The minimum Gasteiger partial charge on any atom is -0.345 e. The van der Waals surface area contributed by atoms with Crippen LogP contribution in [0.2, 0.25) is 0 Å². The Kier molecular flexibility index (Phi) is 6.42. The second-order valence-electron chi connectivity index (χ2n) is 9.73. The number of amides is 4. The first-order chi connectivity index (χ1) is 15.4. The Morgan fingerprint density at radius 2 is 1.85 bits per heavy atom. The Bertz CT molecular complexity index is 1090. The Labute approximate surface area is 200 Å². The average Bonchev–Trinajstić information content (AvgIpc) is 3.38. The number of halogens is 1. The van der Waals surface area contributed by atoms with Crippen LogP contribution in [0.3, 0.4) is 0 Å². The van der Waals surface area contributed by atoms with Gasteiger partial charge in [0.05, 0.1) is 11.2 Å². The zero-order valence-electron chi connectivity index (χ0n) is 19.2. The van der Waals surface area contributed by atoms with Gasteiger partial charge in [-0.05, 0) is 69.8 Å². The number of benzene rings is 1. The van der Waals surface area contributed by atoms with Gasteiger partial charge in [-0.2, -0.15) is 0 Å². The predicted octanol–water partition coefficient (Wildman–Crippen LogP) is 3.31. The van der Waals surface area contributed by atoms with Crippen LogP contribution >= 0.6 is 12.4 Å². The van der Waals surface area contributed by atoms with Crippen molar-refractivity contribution in [2.75, 3.05) is 37.6 Å². The van der Waals surface area contributed by atoms with Crippen molar-refractivity contribution in [1.29, 1.82) is 0 Å². The number of rotatable bonds is 3. The third-order valence-electron chi connectivity index (χ3n) is 7.35. The molecule has 0 saturated carbocycles. The summed E-state index contributed by atoms with van der Waals surface area (Å²) in [6.07, 6.45) is 5.52. The molecule has 8 nitrogen and oxygen atoms in total. The van der Waals surface area contributed by atoms with Crippen LogP contribution in [0.15, 0.2) is 24.4 Å². The Hall–Kier alpha value is -2.58. The zero-order chi connectivity index (χ0) is 22.5. The van der Waals surface area contributed by atoms with Crippen LogP contribution in [0.4, 0.5) is 10.5 Å². The number of nitrogens with one attached hydrogen (secondary N) is 2. The third kappa shape index (κ3) is 4.22. The van der Waals surface area contributed by atoms with E-state index in [1.54, 1.807) is 4.90 Å². The molecule has 0 atom stereocenters. The van der Waals surface area contributed by atoms with Gasteiger partial charge in [-0.15, -0.1) is 12.4 Å². The molecule has 3 aliphatic rings. The standard InChI is InChI=1S/C24H31N5O3.ClH/c1-16(2)28-10-3-18-19(28)13-17(14-20(18)29-11-4-21(30)26-23(29)32)22(31)27-12-7-24(15-27)5-8-25-9-6-24;/h3,10,13-14,16,25H,4-9,11-12,15H2,1-2H3,(H,26,30,32);1H. The van der Waals surface area contributed by atoms with E-state index in [2.05, 4.69) is 29.0 Å². The van der Waals surface area contributed by atoms with Crippen LogP contribution in [0.25, 0.3) is 10.9 Å². The molecule has 4 heterocycles. The van der Waals surface area contributed by atoms with Crippen LogP contribution in [0, 0.1) is 5.41 Å². The molecule has 0 bridgehead atoms. The molecule has 3 aliphatic heterocycles. The Morgan fingerprint density at radius 3 is 2.55 bits per heavy atom. The predicted molar refractivity (Wildman–Crippen MR) is 130 cm³/mol. The fourth-order valence-electron chi connectivity index (χ4n) is 5.49. The molecule has 4 amide bonds. The first-order valence-electron chi connectivity index (χ1n) is 11.6. The number of piperidine rings is 1. The summed E-state index contributed by atoms with van der Waals surface area (Å²) in [6, 6.07) is 5.56. The number of carbonyl (C=O) groups excluding carboxylic acids is 3. The molecule has 9 heteroatoms. The van der Waals surface area contributed by atoms with Crippen molar-refractivity contribution in [3.05, 3.63) is 30.0 Å². The average molecular weight is 474 g/mol. The molecule has 1 spiro atoms. The number of fused-ring (bicyclic) bond motifs is 1. The van der Waals surface area contributed by atoms with Crippen molar-refractivity contribution in [3.63, 3.8) is 0 Å². The Balaban J connectivity index is 0.00000259. The van der Waals surface area contributed by atoms with Crippen molar-refractivity contribution < 1.29 is 14.4 Å². The molecular weight excluding hydrogens is 442 g/mol. The zero-order valence-corrected chi connectivity index (χ0v) is 20.0. The topological polar surface area (TPSA) is 86.7 Å². The second kappa shape index (κ2) is 8.99. The summed E-state index contributed by atoms with van der Waals surface area (Å²) >= 11 is 0. The van der Waals surface area contributed by atoms with Crippen molar-refractivity contribution in [2.24, 2.45) is 5.41 Å². The summed E-state index contributed by atoms with van der Waals surface area (Å²) in [6.45, 7) is 8.11. The molecule has 1 aromatic carbocycles. The molecule has 2 aromatic rings. The lowest BCUT2D eigenvalue weighted by Gasteiger charge is -2.33. The molecule has 5 rings (SSSR count). The first kappa shape index (κ1) is 23.6. The summed E-state index contributed by atoms with van der Waals surface area (Å²) in [5.41, 5.74) is 2.45. The maximum atomic E-state index is 13.6. The lowest BCUT2D eigenvalue weighted by Crippen LogP contribution is -2.49. The monoisotopic (exact) mass is 473 g/mol. The molecule has 0 aliphatic carbocycles. The smallest absolute Gasteiger partial charge is 0.328 e. The number of imide groups is 1. The van der Waals surface area contributed by atoms with Gasteiger partial charge < -0.3 is 14.8 Å². The van der Waals surface area contributed by atoms with Gasteiger partial charge >= 0.3 is 6.03 Å². The molecule has 2 N–H and O–H groups in total. The van der Waals surface area contributed by atoms with E-state index in [-0.39, 0.29) is 42.1 Å². The molecule has 3 fully saturated rings. The van der Waals surface area contributed by atoms with E-state index in [9.17, 15) is 14.4 Å². The van der Waals surface area contributed by atoms with Crippen molar-refractivity contribution in [3.8, 4) is 0 Å². The summed E-state index contributed by atoms with van der Waals surface area (Å²) < 4.78 is 2.13. The van der Waals surface area contributed by atoms with E-state index in [0.717, 1.165) is 56.3 Å². The number of urea groups is 1. The quantitative estimate of drug-likeness (QED) is 0.716. The van der Waals surface area contributed by atoms with E-state index in [4.69, 9.17) is 0 Å². The number of likely N-dealkylation sites (tertiary alicyclic amines) is 1. The maximum Gasteiger partial charge on any atom is 0.328 e. The van der Waals surface area contributed by atoms with E-state index in [1.807, 2.05) is 29.3 Å². The van der Waals surface area contributed by atoms with E-state index >= 15 is 0 Å². The van der Waals surface area contributed by atoms with Crippen LogP contribution in [-0.2, 0) is 4.79 Å². The number of hydrogen-bond acceptors (Lipinski definition) is 4. The highest BCUT2D eigenvalue weighted by atomic mass is 35.5. The SMILES string of the molecule is CC(C)n1ccc2c(N3CCC(=O)NC3=O)cc(C(=O)N3CCC4(CCNCC4)C3)cc21.Cl. The third-order valence-corrected chi connectivity index (χ3v) is 7.35. The summed E-state index contributed by atoms with van der Waals surface area (Å²) in [5.74, 6) is -0.243. The second-order valence-corrected chi connectivity index (χ2v) is 9.73. The number of nitrogens with zero attached hydrogens (tertiary/aromatic N) is 3. The molecule has 3 saturated heterocycles. The fourth-order valence-corrected chi connectivity index (χ4v) is 5.49. The molecule has 33 heavy (non-hydrogen) atoms. The molecule has 0 radical (unpaired) electrons. The molecule has 178 valence electrons. The van der Waals surface area contributed by atoms with Crippen molar-refractivity contribution in [2.45, 2.75) is 45.6 Å². The fraction of sp³-hybridized carbons (Fsp3) is 0.542. The van der Waals surface area contributed by atoms with Crippen LogP contribution in [0.1, 0.15) is 55.9 Å². The lowest BCUT2D eigenvalue weighted by atomic mass is 9.78. The lowest BCUT2D eigenvalue weighted by molar-refractivity contribution is -0.120. The van der Waals surface area contributed by atoms with E-state index in [1.165, 1.54) is 0 Å². The van der Waals surface area contributed by atoms with Crippen molar-refractivity contribution >= 4 is 46.8 Å². The highest BCUT2D eigenvalue weighted by molar-refractivity contribution is 6.11. The van der Waals surface area contributed by atoms with Gasteiger partial charge in [0.2, 0.25) is 5.91 Å².